The van der Waals surface area contributed by atoms with Gasteiger partial charge in [-0.05, 0) is 30.7 Å². The van der Waals surface area contributed by atoms with Gasteiger partial charge in [-0.3, -0.25) is 18.7 Å². The van der Waals surface area contributed by atoms with Crippen LogP contribution in [0.3, 0.4) is 0 Å². The van der Waals surface area contributed by atoms with Crippen molar-refractivity contribution in [2.24, 2.45) is 7.05 Å². The largest absolute Gasteiger partial charge is 0.331 e. The van der Waals surface area contributed by atoms with Crippen molar-refractivity contribution in [2.75, 3.05) is 5.32 Å². The molecule has 0 saturated carbocycles. The number of para-hydroxylation sites is 2. The highest BCUT2D eigenvalue weighted by Crippen LogP contribution is 2.27. The van der Waals surface area contributed by atoms with E-state index in [0.717, 1.165) is 20.3 Å². The summed E-state index contributed by atoms with van der Waals surface area (Å²) in [6.45, 7) is 1.58. The van der Waals surface area contributed by atoms with Crippen LogP contribution in [0.5, 0.6) is 0 Å². The first-order valence-corrected chi connectivity index (χ1v) is 9.12. The second-order valence-electron chi connectivity index (χ2n) is 6.24. The maximum Gasteiger partial charge on any atom is 0.331 e. The minimum atomic E-state index is -0.533. The molecule has 0 saturated heterocycles. The second kappa shape index (κ2) is 6.48. The molecule has 136 valence electrons. The molecule has 4 aromatic rings. The van der Waals surface area contributed by atoms with Gasteiger partial charge in [0, 0.05) is 7.05 Å². The molecule has 27 heavy (non-hydrogen) atoms. The molecule has 0 radical (unpaired) electrons. The van der Waals surface area contributed by atoms with Crippen molar-refractivity contribution in [2.45, 2.75) is 13.5 Å². The maximum atomic E-state index is 12.6. The number of hydrogen-bond donors (Lipinski definition) is 1. The number of amides is 1. The fourth-order valence-corrected chi connectivity index (χ4v) is 4.00. The average Bonchev–Trinajstić information content (AvgIpc) is 3.07. The number of fused-ring (bicyclic) bond motifs is 2. The molecule has 0 aliphatic carbocycles. The molecular weight excluding hydrogens is 364 g/mol. The predicted molar refractivity (Wildman–Crippen MR) is 106 cm³/mol. The summed E-state index contributed by atoms with van der Waals surface area (Å²) in [7, 11) is 1.58. The number of thiazole rings is 1. The molecule has 1 amide bonds. The lowest BCUT2D eigenvalue weighted by Gasteiger charge is -2.10. The van der Waals surface area contributed by atoms with Gasteiger partial charge in [0.05, 0.1) is 21.1 Å². The fourth-order valence-electron chi connectivity index (χ4n) is 3.04. The summed E-state index contributed by atoms with van der Waals surface area (Å²) in [5, 5.41) is 3.52. The van der Waals surface area contributed by atoms with E-state index in [4.69, 9.17) is 0 Å². The number of hydrogen-bond acceptors (Lipinski definition) is 5. The molecule has 2 aromatic carbocycles. The van der Waals surface area contributed by atoms with Gasteiger partial charge < -0.3 is 5.32 Å². The van der Waals surface area contributed by atoms with Crippen LogP contribution in [-0.2, 0) is 18.4 Å². The van der Waals surface area contributed by atoms with Crippen molar-refractivity contribution in [3.05, 3.63) is 68.9 Å². The normalized spacial score (nSPS) is 11.2. The lowest BCUT2D eigenvalue weighted by molar-refractivity contribution is -0.116. The Kier molecular flexibility index (Phi) is 4.12. The highest BCUT2D eigenvalue weighted by molar-refractivity contribution is 7.22. The Morgan fingerprint density at radius 1 is 1.15 bits per heavy atom. The summed E-state index contributed by atoms with van der Waals surface area (Å²) in [6.07, 6.45) is 0. The van der Waals surface area contributed by atoms with Gasteiger partial charge in [-0.1, -0.05) is 35.6 Å². The minimum absolute atomic E-state index is 0.370. The average molecular weight is 380 g/mol. The SMILES string of the molecule is Cc1cccc2sc(NC(=O)Cn3c(=O)c4ccccc4n(C)c3=O)nc12. The molecule has 0 aliphatic heterocycles. The van der Waals surface area contributed by atoms with Crippen molar-refractivity contribution >= 4 is 43.5 Å². The van der Waals surface area contributed by atoms with Gasteiger partial charge in [0.15, 0.2) is 5.13 Å². The molecule has 8 heteroatoms. The van der Waals surface area contributed by atoms with Crippen molar-refractivity contribution in [1.82, 2.24) is 14.1 Å². The van der Waals surface area contributed by atoms with Crippen LogP contribution in [0.2, 0.25) is 0 Å². The van der Waals surface area contributed by atoms with Gasteiger partial charge in [0.1, 0.15) is 6.54 Å². The Bertz CT molecular complexity index is 1320. The molecule has 0 fully saturated rings. The van der Waals surface area contributed by atoms with E-state index in [1.807, 2.05) is 25.1 Å². The van der Waals surface area contributed by atoms with Crippen LogP contribution in [0.1, 0.15) is 5.56 Å². The third-order valence-corrected chi connectivity index (χ3v) is 5.36. The first-order chi connectivity index (χ1) is 13.0. The number of rotatable bonds is 3. The number of anilines is 1. The summed E-state index contributed by atoms with van der Waals surface area (Å²) < 4.78 is 3.27. The summed E-state index contributed by atoms with van der Waals surface area (Å²) >= 11 is 1.35. The molecule has 0 atom stereocenters. The standard InChI is InChI=1S/C19H16N4O3S/c1-11-6-5-9-14-16(11)21-18(27-14)20-15(24)10-23-17(25)12-7-3-4-8-13(12)22(2)19(23)26/h3-9H,10H2,1-2H3,(H,20,21,24). The Morgan fingerprint density at radius 3 is 2.70 bits per heavy atom. The van der Waals surface area contributed by atoms with Crippen LogP contribution in [-0.4, -0.2) is 20.0 Å². The van der Waals surface area contributed by atoms with Crippen molar-refractivity contribution in [3.8, 4) is 0 Å². The van der Waals surface area contributed by atoms with Crippen LogP contribution >= 0.6 is 11.3 Å². The zero-order valence-electron chi connectivity index (χ0n) is 14.7. The molecule has 1 N–H and O–H groups in total. The third kappa shape index (κ3) is 2.93. The zero-order valence-corrected chi connectivity index (χ0v) is 15.5. The van der Waals surface area contributed by atoms with Crippen LogP contribution in [0.15, 0.2) is 52.1 Å². The highest BCUT2D eigenvalue weighted by Gasteiger charge is 2.15. The van der Waals surface area contributed by atoms with E-state index in [1.165, 1.54) is 15.9 Å². The molecule has 2 aromatic heterocycles. The van der Waals surface area contributed by atoms with Gasteiger partial charge >= 0.3 is 5.69 Å². The molecule has 7 nitrogen and oxygen atoms in total. The lowest BCUT2D eigenvalue weighted by atomic mass is 10.2. The summed E-state index contributed by atoms with van der Waals surface area (Å²) in [6, 6.07) is 12.6. The van der Waals surface area contributed by atoms with E-state index in [-0.39, 0.29) is 6.54 Å². The molecule has 0 bridgehead atoms. The number of carbonyl (C=O) groups excluding carboxylic acids is 1. The molecular formula is C19H16N4O3S. The quantitative estimate of drug-likeness (QED) is 0.591. The smallest absolute Gasteiger partial charge is 0.300 e. The number of nitrogens with zero attached hydrogens (tertiary/aromatic N) is 3. The topological polar surface area (TPSA) is 86.0 Å². The number of benzene rings is 2. The minimum Gasteiger partial charge on any atom is -0.300 e. The number of carbonyl (C=O) groups is 1. The van der Waals surface area contributed by atoms with E-state index >= 15 is 0 Å². The van der Waals surface area contributed by atoms with E-state index in [1.54, 1.807) is 31.3 Å². The molecule has 4 rings (SSSR count). The molecule has 0 aliphatic rings. The summed E-state index contributed by atoms with van der Waals surface area (Å²) in [5.41, 5.74) is 1.37. The Hall–Kier alpha value is -3.26. The van der Waals surface area contributed by atoms with Crippen LogP contribution in [0.4, 0.5) is 5.13 Å². The van der Waals surface area contributed by atoms with Gasteiger partial charge in [-0.25, -0.2) is 9.78 Å². The number of nitrogens with one attached hydrogen (secondary N) is 1. The first kappa shape index (κ1) is 17.2. The number of aryl methyl sites for hydroxylation is 2. The third-order valence-electron chi connectivity index (χ3n) is 4.43. The fraction of sp³-hybridized carbons (Fsp3) is 0.158. The van der Waals surface area contributed by atoms with Gasteiger partial charge in [-0.2, -0.15) is 0 Å². The van der Waals surface area contributed by atoms with Crippen molar-refractivity contribution in [3.63, 3.8) is 0 Å². The molecule has 2 heterocycles. The molecule has 0 spiro atoms. The summed E-state index contributed by atoms with van der Waals surface area (Å²) in [5.74, 6) is -0.471. The first-order valence-electron chi connectivity index (χ1n) is 8.30. The predicted octanol–water partition coefficient (Wildman–Crippen LogP) is 2.26. The Balaban J connectivity index is 1.67. The van der Waals surface area contributed by atoms with Gasteiger partial charge in [0.2, 0.25) is 5.91 Å². The van der Waals surface area contributed by atoms with Crippen molar-refractivity contribution < 1.29 is 4.79 Å². The zero-order chi connectivity index (χ0) is 19.1. The van der Waals surface area contributed by atoms with Crippen molar-refractivity contribution in [1.29, 1.82) is 0 Å². The van der Waals surface area contributed by atoms with Gasteiger partial charge in [0.25, 0.3) is 5.56 Å². The van der Waals surface area contributed by atoms with E-state index in [9.17, 15) is 14.4 Å². The van der Waals surface area contributed by atoms with E-state index in [0.29, 0.717) is 16.0 Å². The molecule has 0 unspecified atom stereocenters. The van der Waals surface area contributed by atoms with Crippen LogP contribution in [0.25, 0.3) is 21.1 Å². The maximum absolute atomic E-state index is 12.6. The second-order valence-corrected chi connectivity index (χ2v) is 7.27. The Morgan fingerprint density at radius 2 is 1.93 bits per heavy atom. The van der Waals surface area contributed by atoms with Gasteiger partial charge in [-0.15, -0.1) is 0 Å². The summed E-state index contributed by atoms with van der Waals surface area (Å²) in [4.78, 5) is 42.0. The lowest BCUT2D eigenvalue weighted by Crippen LogP contribution is -2.41. The number of aromatic nitrogens is 3. The van der Waals surface area contributed by atoms with E-state index < -0.39 is 17.2 Å². The van der Waals surface area contributed by atoms with E-state index in [2.05, 4.69) is 10.3 Å². The van der Waals surface area contributed by atoms with Crippen LogP contribution < -0.4 is 16.6 Å². The highest BCUT2D eigenvalue weighted by atomic mass is 32.1. The monoisotopic (exact) mass is 380 g/mol. The Labute approximate surface area is 157 Å². The van der Waals surface area contributed by atoms with Crippen LogP contribution in [0, 0.1) is 6.92 Å².